The number of hydrogen-bond acceptors (Lipinski definition) is 6. The molecule has 10 heteroatoms. The fourth-order valence-corrected chi connectivity index (χ4v) is 3.51. The van der Waals surface area contributed by atoms with Crippen molar-refractivity contribution < 1.29 is 9.72 Å². The van der Waals surface area contributed by atoms with E-state index in [2.05, 4.69) is 15.4 Å². The Morgan fingerprint density at radius 3 is 2.79 bits per heavy atom. The van der Waals surface area contributed by atoms with Gasteiger partial charge in [0.25, 0.3) is 11.6 Å². The first-order chi connectivity index (χ1) is 13.6. The number of rotatable bonds is 6. The summed E-state index contributed by atoms with van der Waals surface area (Å²) in [6, 6.07) is 13.2. The van der Waals surface area contributed by atoms with Crippen LogP contribution in [0, 0.1) is 10.1 Å². The number of carbonyl (C=O) groups excluding carboxylic acids is 1. The number of nitrogens with zero attached hydrogens (tertiary/aromatic N) is 6. The molecule has 0 bridgehead atoms. The van der Waals surface area contributed by atoms with E-state index in [4.69, 9.17) is 11.6 Å². The summed E-state index contributed by atoms with van der Waals surface area (Å²) >= 11 is 6.12. The fraction of sp³-hybridized carbons (Fsp3) is 0.222. The Hall–Kier alpha value is -3.33. The lowest BCUT2D eigenvalue weighted by atomic mass is 9.94. The second-order valence-corrected chi connectivity index (χ2v) is 6.70. The summed E-state index contributed by atoms with van der Waals surface area (Å²) in [5.41, 5.74) is 2.00. The zero-order valence-corrected chi connectivity index (χ0v) is 15.3. The van der Waals surface area contributed by atoms with E-state index >= 15 is 0 Å². The van der Waals surface area contributed by atoms with Crippen LogP contribution >= 0.6 is 11.6 Å². The first-order valence-corrected chi connectivity index (χ1v) is 9.02. The van der Waals surface area contributed by atoms with Crippen molar-refractivity contribution in [3.05, 3.63) is 64.2 Å². The van der Waals surface area contributed by atoms with Crippen LogP contribution in [0.3, 0.4) is 0 Å². The molecule has 0 spiro atoms. The molecule has 142 valence electrons. The zero-order chi connectivity index (χ0) is 19.7. The van der Waals surface area contributed by atoms with E-state index in [0.717, 1.165) is 11.0 Å². The van der Waals surface area contributed by atoms with Gasteiger partial charge in [0.15, 0.2) is 0 Å². The third-order valence-corrected chi connectivity index (χ3v) is 4.98. The van der Waals surface area contributed by atoms with Crippen LogP contribution in [-0.4, -0.2) is 42.4 Å². The van der Waals surface area contributed by atoms with E-state index in [1.807, 2.05) is 24.3 Å². The number of nitro groups is 1. The van der Waals surface area contributed by atoms with Crippen LogP contribution in [0.5, 0.6) is 0 Å². The van der Waals surface area contributed by atoms with Crippen LogP contribution in [0.25, 0.3) is 11.0 Å². The second kappa shape index (κ2) is 7.35. The van der Waals surface area contributed by atoms with Gasteiger partial charge in [0.05, 0.1) is 16.0 Å². The summed E-state index contributed by atoms with van der Waals surface area (Å²) in [4.78, 5) is 22.9. The van der Waals surface area contributed by atoms with Gasteiger partial charge in [-0.15, -0.1) is 16.7 Å². The number of β-lactam (4-membered cyclic amide) rings is 1. The van der Waals surface area contributed by atoms with E-state index in [1.165, 1.54) is 11.1 Å². The molecule has 1 saturated heterocycles. The number of amides is 1. The molecule has 1 amide bonds. The number of aromatic nitrogens is 3. The molecule has 28 heavy (non-hydrogen) atoms. The highest BCUT2D eigenvalue weighted by atomic mass is 35.5. The Kier molecular flexibility index (Phi) is 4.74. The smallest absolute Gasteiger partial charge is 0.271 e. The van der Waals surface area contributed by atoms with Gasteiger partial charge in [-0.2, -0.15) is 5.10 Å². The number of aryl methyl sites for hydroxylation is 1. The molecule has 2 aromatic carbocycles. The first-order valence-electron chi connectivity index (χ1n) is 8.59. The van der Waals surface area contributed by atoms with Gasteiger partial charge in [-0.1, -0.05) is 29.5 Å². The fourth-order valence-electron chi connectivity index (χ4n) is 3.17. The molecule has 2 atom stereocenters. The van der Waals surface area contributed by atoms with Crippen molar-refractivity contribution in [2.75, 3.05) is 0 Å². The van der Waals surface area contributed by atoms with E-state index in [9.17, 15) is 14.9 Å². The molecule has 0 radical (unpaired) electrons. The number of hydrazone groups is 1. The monoisotopic (exact) mass is 398 g/mol. The van der Waals surface area contributed by atoms with Crippen molar-refractivity contribution in [3.63, 3.8) is 0 Å². The quantitative estimate of drug-likeness (QED) is 0.208. The van der Waals surface area contributed by atoms with Gasteiger partial charge in [-0.3, -0.25) is 14.9 Å². The Morgan fingerprint density at radius 1 is 1.21 bits per heavy atom. The molecule has 1 aliphatic heterocycles. The molecular weight excluding hydrogens is 384 g/mol. The Morgan fingerprint density at radius 2 is 1.96 bits per heavy atom. The van der Waals surface area contributed by atoms with Gasteiger partial charge in [0.2, 0.25) is 0 Å². The van der Waals surface area contributed by atoms with E-state index in [1.54, 1.807) is 29.1 Å². The normalized spacial score (nSPS) is 19.3. The molecule has 1 aromatic heterocycles. The highest BCUT2D eigenvalue weighted by molar-refractivity contribution is 6.33. The third kappa shape index (κ3) is 3.09. The number of halogens is 1. The molecule has 0 N–H and O–H groups in total. The van der Waals surface area contributed by atoms with Crippen LogP contribution in [-0.2, 0) is 11.3 Å². The van der Waals surface area contributed by atoms with E-state index < -0.39 is 16.3 Å². The predicted octanol–water partition coefficient (Wildman–Crippen LogP) is 2.91. The summed E-state index contributed by atoms with van der Waals surface area (Å²) in [7, 11) is 0. The average molecular weight is 399 g/mol. The van der Waals surface area contributed by atoms with Crippen molar-refractivity contribution in [3.8, 4) is 0 Å². The van der Waals surface area contributed by atoms with Gasteiger partial charge in [-0.05, 0) is 18.2 Å². The van der Waals surface area contributed by atoms with Gasteiger partial charge in [0, 0.05) is 25.2 Å². The van der Waals surface area contributed by atoms with E-state index in [0.29, 0.717) is 18.5 Å². The van der Waals surface area contributed by atoms with Gasteiger partial charge in [-0.25, -0.2) is 9.69 Å². The molecule has 3 aromatic rings. The number of nitro benzene ring substituents is 1. The summed E-state index contributed by atoms with van der Waals surface area (Å²) < 4.78 is 1.75. The number of alkyl halides is 1. The minimum Gasteiger partial charge on any atom is -0.271 e. The average Bonchev–Trinajstić information content (AvgIpc) is 3.13. The molecule has 9 nitrogen and oxygen atoms in total. The Balaban J connectivity index is 1.47. The highest BCUT2D eigenvalue weighted by Crippen LogP contribution is 2.42. The van der Waals surface area contributed by atoms with Crippen LogP contribution in [0.4, 0.5) is 5.69 Å². The summed E-state index contributed by atoms with van der Waals surface area (Å²) in [6.45, 7) is 0.534. The molecule has 0 saturated carbocycles. The summed E-state index contributed by atoms with van der Waals surface area (Å²) in [5.74, 6) is -0.382. The van der Waals surface area contributed by atoms with Crippen LogP contribution in [0.15, 0.2) is 53.6 Å². The molecule has 4 rings (SSSR count). The third-order valence-electron chi connectivity index (χ3n) is 4.55. The largest absolute Gasteiger partial charge is 0.274 e. The SMILES string of the molecule is O=C1C(Cl)C(c2ccccc2[N+](=O)[O-])N1/N=C/CCn1nnc2ccccc21. The molecule has 2 heterocycles. The minimum absolute atomic E-state index is 0.0834. The standard InChI is InChI=1S/C18H15ClN6O3/c19-16-17(12-6-1-3-8-14(12)25(27)28)24(18(16)26)20-10-5-11-23-15-9-4-2-7-13(15)21-22-23/h1-4,6-10,16-17H,5,11H2/b20-10+. The lowest BCUT2D eigenvalue weighted by Gasteiger charge is -2.40. The number of carbonyl (C=O) groups is 1. The van der Waals surface area contributed by atoms with Crippen molar-refractivity contribution in [2.24, 2.45) is 5.10 Å². The first kappa shape index (κ1) is 18.1. The number of para-hydroxylation sites is 2. The predicted molar refractivity (Wildman–Crippen MR) is 103 cm³/mol. The Bertz CT molecular complexity index is 1080. The zero-order valence-electron chi connectivity index (χ0n) is 14.6. The van der Waals surface area contributed by atoms with Crippen molar-refractivity contribution in [2.45, 2.75) is 24.4 Å². The topological polar surface area (TPSA) is 107 Å². The lowest BCUT2D eigenvalue weighted by molar-refractivity contribution is -0.386. The van der Waals surface area contributed by atoms with Crippen LogP contribution < -0.4 is 0 Å². The number of fused-ring (bicyclic) bond motifs is 1. The second-order valence-electron chi connectivity index (χ2n) is 6.23. The lowest BCUT2D eigenvalue weighted by Crippen LogP contribution is -2.53. The highest BCUT2D eigenvalue weighted by Gasteiger charge is 2.49. The number of benzene rings is 2. The maximum Gasteiger partial charge on any atom is 0.274 e. The molecular formula is C18H15ClN6O3. The van der Waals surface area contributed by atoms with Gasteiger partial charge >= 0.3 is 0 Å². The molecule has 1 aliphatic rings. The van der Waals surface area contributed by atoms with Gasteiger partial charge in [0.1, 0.15) is 16.9 Å². The van der Waals surface area contributed by atoms with Crippen molar-refractivity contribution in [1.29, 1.82) is 0 Å². The van der Waals surface area contributed by atoms with Crippen molar-refractivity contribution in [1.82, 2.24) is 20.0 Å². The van der Waals surface area contributed by atoms with Crippen LogP contribution in [0.2, 0.25) is 0 Å². The van der Waals surface area contributed by atoms with Gasteiger partial charge < -0.3 is 0 Å². The summed E-state index contributed by atoms with van der Waals surface area (Å²) in [6.07, 6.45) is 2.09. The minimum atomic E-state index is -0.877. The van der Waals surface area contributed by atoms with E-state index in [-0.39, 0.29) is 11.6 Å². The van der Waals surface area contributed by atoms with Crippen molar-refractivity contribution >= 4 is 40.4 Å². The summed E-state index contributed by atoms with van der Waals surface area (Å²) in [5, 5.41) is 23.9. The Labute approximate surface area is 164 Å². The van der Waals surface area contributed by atoms with Crippen LogP contribution in [0.1, 0.15) is 18.0 Å². The molecule has 1 fully saturated rings. The molecule has 0 aliphatic carbocycles. The number of hydrogen-bond donors (Lipinski definition) is 0. The molecule has 2 unspecified atom stereocenters. The maximum absolute atomic E-state index is 12.1. The maximum atomic E-state index is 12.1.